The highest BCUT2D eigenvalue weighted by Crippen LogP contribution is 2.34. The van der Waals surface area contributed by atoms with Crippen LogP contribution in [0.4, 0.5) is 0 Å². The Bertz CT molecular complexity index is 716. The summed E-state index contributed by atoms with van der Waals surface area (Å²) < 4.78 is 0. The Morgan fingerprint density at radius 1 is 1.00 bits per heavy atom. The van der Waals surface area contributed by atoms with E-state index in [4.69, 9.17) is 0 Å². The third-order valence-corrected chi connectivity index (χ3v) is 5.53. The minimum Gasteiger partial charge on any atom is -0.507 e. The Hall–Kier alpha value is -1.80. The first-order valence-corrected chi connectivity index (χ1v) is 8.86. The Morgan fingerprint density at radius 3 is 2.61 bits per heavy atom. The van der Waals surface area contributed by atoms with E-state index in [-0.39, 0.29) is 0 Å². The minimum absolute atomic E-state index is 0.385. The number of fused-ring (bicyclic) bond motifs is 1. The molecule has 1 aliphatic carbocycles. The summed E-state index contributed by atoms with van der Waals surface area (Å²) in [5.41, 5.74) is 6.15. The molecule has 1 fully saturated rings. The predicted molar refractivity (Wildman–Crippen MR) is 94.9 cm³/mol. The molecule has 0 saturated carbocycles. The van der Waals surface area contributed by atoms with Gasteiger partial charge < -0.3 is 10.0 Å². The van der Waals surface area contributed by atoms with Gasteiger partial charge in [0.2, 0.25) is 0 Å². The van der Waals surface area contributed by atoms with Crippen LogP contribution in [-0.2, 0) is 12.8 Å². The van der Waals surface area contributed by atoms with Crippen molar-refractivity contribution in [1.29, 1.82) is 0 Å². The molecule has 2 aromatic rings. The molecule has 0 spiro atoms. The quantitative estimate of drug-likeness (QED) is 0.893. The van der Waals surface area contributed by atoms with Gasteiger partial charge in [-0.05, 0) is 80.4 Å². The van der Waals surface area contributed by atoms with Crippen LogP contribution in [0.15, 0.2) is 36.4 Å². The molecule has 1 atom stereocenters. The molecule has 2 nitrogen and oxygen atoms in total. The fraction of sp³-hybridized carbons (Fsp3) is 0.429. The van der Waals surface area contributed by atoms with Crippen LogP contribution in [0, 0.1) is 6.92 Å². The minimum atomic E-state index is 0.385. The van der Waals surface area contributed by atoms with Gasteiger partial charge in [0.05, 0.1) is 0 Å². The lowest BCUT2D eigenvalue weighted by molar-refractivity contribution is 0.222. The fourth-order valence-corrected chi connectivity index (χ4v) is 4.21. The average Bonchev–Trinajstić information content (AvgIpc) is 3.08. The van der Waals surface area contributed by atoms with Gasteiger partial charge >= 0.3 is 0 Å². The number of phenols is 1. The smallest absolute Gasteiger partial charge is 0.123 e. The van der Waals surface area contributed by atoms with Gasteiger partial charge in [-0.1, -0.05) is 30.3 Å². The third-order valence-electron chi connectivity index (χ3n) is 5.53. The molecular formula is C21H25NO. The monoisotopic (exact) mass is 307 g/mol. The normalized spacial score (nSPS) is 21.3. The molecule has 1 unspecified atom stereocenters. The van der Waals surface area contributed by atoms with Gasteiger partial charge in [0, 0.05) is 11.6 Å². The van der Waals surface area contributed by atoms with E-state index in [0.717, 1.165) is 29.2 Å². The molecule has 4 rings (SSSR count). The van der Waals surface area contributed by atoms with Crippen molar-refractivity contribution in [2.75, 3.05) is 13.1 Å². The molecule has 0 bridgehead atoms. The van der Waals surface area contributed by atoms with E-state index in [0.29, 0.717) is 5.75 Å². The lowest BCUT2D eigenvalue weighted by Crippen LogP contribution is -2.37. The zero-order valence-electron chi connectivity index (χ0n) is 13.9. The van der Waals surface area contributed by atoms with Crippen molar-refractivity contribution >= 4 is 0 Å². The number of hydrogen-bond donors (Lipinski definition) is 1. The van der Waals surface area contributed by atoms with Crippen LogP contribution in [-0.4, -0.2) is 29.1 Å². The zero-order chi connectivity index (χ0) is 15.8. The highest BCUT2D eigenvalue weighted by Gasteiger charge is 2.26. The highest BCUT2D eigenvalue weighted by atomic mass is 16.3. The molecule has 1 N–H and O–H groups in total. The van der Waals surface area contributed by atoms with Gasteiger partial charge in [0.1, 0.15) is 5.75 Å². The number of benzene rings is 2. The Kier molecular flexibility index (Phi) is 3.86. The zero-order valence-corrected chi connectivity index (χ0v) is 13.9. The summed E-state index contributed by atoms with van der Waals surface area (Å²) in [6.45, 7) is 4.58. The Balaban J connectivity index is 1.60. The molecular weight excluding hydrogens is 282 g/mol. The lowest BCUT2D eigenvalue weighted by atomic mass is 9.85. The molecule has 1 aliphatic heterocycles. The van der Waals surface area contributed by atoms with Crippen molar-refractivity contribution in [3.63, 3.8) is 0 Å². The highest BCUT2D eigenvalue weighted by molar-refractivity contribution is 5.71. The van der Waals surface area contributed by atoms with Crippen molar-refractivity contribution in [2.24, 2.45) is 0 Å². The maximum atomic E-state index is 10.2. The number of aryl methyl sites for hydroxylation is 2. The van der Waals surface area contributed by atoms with Crippen LogP contribution in [0.1, 0.15) is 36.0 Å². The SMILES string of the molecule is Cc1ccc(-c2ccc3c(c2)CCC(N2CCCC2)C3)c(O)c1. The first-order chi connectivity index (χ1) is 11.2. The van der Waals surface area contributed by atoms with E-state index in [1.165, 1.54) is 49.9 Å². The van der Waals surface area contributed by atoms with E-state index in [9.17, 15) is 5.11 Å². The van der Waals surface area contributed by atoms with Crippen LogP contribution < -0.4 is 0 Å². The maximum absolute atomic E-state index is 10.2. The summed E-state index contributed by atoms with van der Waals surface area (Å²) in [4.78, 5) is 2.68. The van der Waals surface area contributed by atoms with Crippen LogP contribution in [0.5, 0.6) is 5.75 Å². The van der Waals surface area contributed by atoms with Crippen LogP contribution in [0.3, 0.4) is 0 Å². The second kappa shape index (κ2) is 6.01. The second-order valence-electron chi connectivity index (χ2n) is 7.14. The summed E-state index contributed by atoms with van der Waals surface area (Å²) >= 11 is 0. The first-order valence-electron chi connectivity index (χ1n) is 8.86. The molecule has 1 heterocycles. The van der Waals surface area contributed by atoms with E-state index < -0.39 is 0 Å². The van der Waals surface area contributed by atoms with E-state index in [2.05, 4.69) is 29.2 Å². The van der Waals surface area contributed by atoms with Gasteiger partial charge in [-0.2, -0.15) is 0 Å². The number of likely N-dealkylation sites (tertiary alicyclic amines) is 1. The molecule has 0 aromatic heterocycles. The fourth-order valence-electron chi connectivity index (χ4n) is 4.21. The van der Waals surface area contributed by atoms with Crippen molar-refractivity contribution in [3.8, 4) is 16.9 Å². The molecule has 0 amide bonds. The summed E-state index contributed by atoms with van der Waals surface area (Å²) in [6.07, 6.45) is 6.37. The lowest BCUT2D eigenvalue weighted by Gasteiger charge is -2.32. The molecule has 23 heavy (non-hydrogen) atoms. The number of phenolic OH excluding ortho intramolecular Hbond substituents is 1. The van der Waals surface area contributed by atoms with Gasteiger partial charge in [0.25, 0.3) is 0 Å². The Morgan fingerprint density at radius 2 is 1.83 bits per heavy atom. The Labute approximate surface area is 138 Å². The third kappa shape index (κ3) is 2.88. The summed E-state index contributed by atoms with van der Waals surface area (Å²) in [7, 11) is 0. The number of hydrogen-bond acceptors (Lipinski definition) is 2. The van der Waals surface area contributed by atoms with Crippen LogP contribution in [0.25, 0.3) is 11.1 Å². The molecule has 2 aliphatic rings. The molecule has 0 radical (unpaired) electrons. The predicted octanol–water partition coefficient (Wildman–Crippen LogP) is 4.32. The van der Waals surface area contributed by atoms with Crippen molar-refractivity contribution < 1.29 is 5.11 Å². The summed E-state index contributed by atoms with van der Waals surface area (Å²) in [5.74, 6) is 0.385. The van der Waals surface area contributed by atoms with Gasteiger partial charge in [-0.15, -0.1) is 0 Å². The van der Waals surface area contributed by atoms with Gasteiger partial charge in [0.15, 0.2) is 0 Å². The van der Waals surface area contributed by atoms with E-state index in [1.807, 2.05) is 19.1 Å². The number of nitrogens with zero attached hydrogens (tertiary/aromatic N) is 1. The average molecular weight is 307 g/mol. The first kappa shape index (κ1) is 14.8. The van der Waals surface area contributed by atoms with Crippen LogP contribution in [0.2, 0.25) is 0 Å². The largest absolute Gasteiger partial charge is 0.507 e. The maximum Gasteiger partial charge on any atom is 0.123 e. The molecule has 2 aromatic carbocycles. The molecule has 1 saturated heterocycles. The van der Waals surface area contributed by atoms with Crippen molar-refractivity contribution in [1.82, 2.24) is 4.90 Å². The van der Waals surface area contributed by atoms with Crippen molar-refractivity contribution in [3.05, 3.63) is 53.1 Å². The summed E-state index contributed by atoms with van der Waals surface area (Å²) in [6, 6.07) is 13.4. The molecule has 2 heteroatoms. The van der Waals surface area contributed by atoms with E-state index in [1.54, 1.807) is 0 Å². The van der Waals surface area contributed by atoms with Crippen molar-refractivity contribution in [2.45, 2.75) is 45.1 Å². The standard InChI is InChI=1S/C21H25NO/c1-15-4-9-20(21(23)12-15)18-6-5-17-14-19(8-7-16(17)13-18)22-10-2-3-11-22/h4-6,9,12-13,19,23H,2-3,7-8,10-11,14H2,1H3. The topological polar surface area (TPSA) is 23.5 Å². The van der Waals surface area contributed by atoms with Gasteiger partial charge in [-0.25, -0.2) is 0 Å². The van der Waals surface area contributed by atoms with Crippen LogP contribution >= 0.6 is 0 Å². The summed E-state index contributed by atoms with van der Waals surface area (Å²) in [5, 5.41) is 10.2. The van der Waals surface area contributed by atoms with E-state index >= 15 is 0 Å². The number of aromatic hydroxyl groups is 1. The molecule has 120 valence electrons. The second-order valence-corrected chi connectivity index (χ2v) is 7.14. The van der Waals surface area contributed by atoms with Gasteiger partial charge in [-0.3, -0.25) is 0 Å². The number of rotatable bonds is 2.